The highest BCUT2D eigenvalue weighted by molar-refractivity contribution is 5.88. The summed E-state index contributed by atoms with van der Waals surface area (Å²) in [7, 11) is 0. The second kappa shape index (κ2) is 9.59. The number of phenols is 1. The number of hydrogen-bond acceptors (Lipinski definition) is 5. The van der Waals surface area contributed by atoms with Crippen molar-refractivity contribution in [3.05, 3.63) is 29.8 Å². The van der Waals surface area contributed by atoms with Crippen molar-refractivity contribution in [1.82, 2.24) is 10.6 Å². The molecular weight excluding hydrogens is 314 g/mol. The standard InChI is InChI=1S/C13H17N3O5.ClH/c14-6-11(18)15-7-12(19)16-10(13(20)21)5-8-1-3-9(17)4-2-8;/h1-4,10,17H,5-7,14H2,(H,15,18)(H,16,19)(H,20,21);1H/t10-;/m0./s1. The predicted molar refractivity (Wildman–Crippen MR) is 80.7 cm³/mol. The third kappa shape index (κ3) is 6.91. The molecule has 9 heteroatoms. The van der Waals surface area contributed by atoms with Crippen LogP contribution in [0.15, 0.2) is 24.3 Å². The highest BCUT2D eigenvalue weighted by atomic mass is 35.5. The Morgan fingerprint density at radius 1 is 1.14 bits per heavy atom. The average Bonchev–Trinajstić information content (AvgIpc) is 2.46. The first kappa shape index (κ1) is 19.7. The van der Waals surface area contributed by atoms with Crippen LogP contribution in [0.2, 0.25) is 0 Å². The van der Waals surface area contributed by atoms with Crippen molar-refractivity contribution < 1.29 is 24.6 Å². The molecule has 22 heavy (non-hydrogen) atoms. The van der Waals surface area contributed by atoms with Crippen LogP contribution < -0.4 is 16.4 Å². The number of carbonyl (C=O) groups is 3. The molecule has 0 aromatic heterocycles. The van der Waals surface area contributed by atoms with Crippen molar-refractivity contribution in [3.8, 4) is 5.75 Å². The monoisotopic (exact) mass is 331 g/mol. The van der Waals surface area contributed by atoms with Crippen LogP contribution >= 0.6 is 12.4 Å². The van der Waals surface area contributed by atoms with E-state index in [9.17, 15) is 14.4 Å². The summed E-state index contributed by atoms with van der Waals surface area (Å²) in [4.78, 5) is 33.6. The van der Waals surface area contributed by atoms with Crippen molar-refractivity contribution in [2.45, 2.75) is 12.5 Å². The number of carbonyl (C=O) groups excluding carboxylic acids is 2. The Morgan fingerprint density at radius 3 is 2.23 bits per heavy atom. The molecule has 8 nitrogen and oxygen atoms in total. The molecule has 1 aromatic rings. The van der Waals surface area contributed by atoms with Gasteiger partial charge in [0.25, 0.3) is 0 Å². The summed E-state index contributed by atoms with van der Waals surface area (Å²) in [6.07, 6.45) is 0.0617. The first-order chi connectivity index (χ1) is 9.92. The van der Waals surface area contributed by atoms with E-state index in [1.165, 1.54) is 12.1 Å². The Labute approximate surface area is 133 Å². The molecule has 0 saturated heterocycles. The quantitative estimate of drug-likeness (QED) is 0.434. The lowest BCUT2D eigenvalue weighted by atomic mass is 10.1. The van der Waals surface area contributed by atoms with E-state index >= 15 is 0 Å². The molecule has 0 spiro atoms. The normalized spacial score (nSPS) is 11.0. The first-order valence-corrected chi connectivity index (χ1v) is 6.19. The van der Waals surface area contributed by atoms with E-state index in [4.69, 9.17) is 15.9 Å². The van der Waals surface area contributed by atoms with Gasteiger partial charge in [0.15, 0.2) is 0 Å². The molecule has 122 valence electrons. The van der Waals surface area contributed by atoms with E-state index in [1.807, 2.05) is 0 Å². The van der Waals surface area contributed by atoms with Crippen molar-refractivity contribution in [3.63, 3.8) is 0 Å². The summed E-state index contributed by atoms with van der Waals surface area (Å²) < 4.78 is 0. The number of nitrogens with one attached hydrogen (secondary N) is 2. The van der Waals surface area contributed by atoms with Crippen LogP contribution in [0.25, 0.3) is 0 Å². The smallest absolute Gasteiger partial charge is 0.326 e. The minimum absolute atomic E-state index is 0. The van der Waals surface area contributed by atoms with Gasteiger partial charge in [-0.15, -0.1) is 12.4 Å². The van der Waals surface area contributed by atoms with E-state index in [0.717, 1.165) is 0 Å². The number of aliphatic carboxylic acids is 1. The molecule has 1 atom stereocenters. The zero-order valence-electron chi connectivity index (χ0n) is 11.6. The Morgan fingerprint density at radius 2 is 1.73 bits per heavy atom. The molecule has 0 saturated carbocycles. The number of carboxylic acids is 1. The topological polar surface area (TPSA) is 142 Å². The summed E-state index contributed by atoms with van der Waals surface area (Å²) in [5.41, 5.74) is 5.71. The lowest BCUT2D eigenvalue weighted by Crippen LogP contribution is -2.47. The van der Waals surface area contributed by atoms with Crippen LogP contribution in [0.5, 0.6) is 5.75 Å². The van der Waals surface area contributed by atoms with E-state index in [0.29, 0.717) is 5.56 Å². The summed E-state index contributed by atoms with van der Waals surface area (Å²) in [6.45, 7) is -0.585. The molecule has 0 heterocycles. The van der Waals surface area contributed by atoms with Crippen molar-refractivity contribution in [2.24, 2.45) is 5.73 Å². The second-order valence-electron chi connectivity index (χ2n) is 4.31. The predicted octanol–water partition coefficient (Wildman–Crippen LogP) is -0.999. The first-order valence-electron chi connectivity index (χ1n) is 6.19. The van der Waals surface area contributed by atoms with E-state index < -0.39 is 23.8 Å². The van der Waals surface area contributed by atoms with Gasteiger partial charge < -0.3 is 26.6 Å². The van der Waals surface area contributed by atoms with E-state index in [1.54, 1.807) is 12.1 Å². The van der Waals surface area contributed by atoms with Gasteiger partial charge in [0.05, 0.1) is 13.1 Å². The fourth-order valence-corrected chi connectivity index (χ4v) is 1.56. The van der Waals surface area contributed by atoms with Gasteiger partial charge in [-0.3, -0.25) is 9.59 Å². The highest BCUT2D eigenvalue weighted by Gasteiger charge is 2.20. The average molecular weight is 332 g/mol. The number of carboxylic acid groups (broad SMARTS) is 1. The molecule has 0 radical (unpaired) electrons. The SMILES string of the molecule is Cl.NCC(=O)NCC(=O)N[C@@H](Cc1ccc(O)cc1)C(=O)O. The summed E-state index contributed by atoms with van der Waals surface area (Å²) in [5, 5.41) is 22.8. The maximum atomic E-state index is 11.6. The minimum Gasteiger partial charge on any atom is -0.508 e. The van der Waals surface area contributed by atoms with Crippen LogP contribution in [0.1, 0.15) is 5.56 Å². The van der Waals surface area contributed by atoms with Gasteiger partial charge in [-0.1, -0.05) is 12.1 Å². The molecule has 1 rings (SSSR count). The van der Waals surface area contributed by atoms with Gasteiger partial charge in [0.2, 0.25) is 11.8 Å². The number of benzene rings is 1. The fraction of sp³-hybridized carbons (Fsp3) is 0.308. The lowest BCUT2D eigenvalue weighted by molar-refractivity contribution is -0.141. The van der Waals surface area contributed by atoms with E-state index in [-0.39, 0.29) is 37.7 Å². The molecule has 0 aliphatic carbocycles. The van der Waals surface area contributed by atoms with E-state index in [2.05, 4.69) is 10.6 Å². The fourth-order valence-electron chi connectivity index (χ4n) is 1.56. The van der Waals surface area contributed by atoms with Crippen LogP contribution in [-0.4, -0.2) is 47.1 Å². The molecule has 0 aliphatic rings. The van der Waals surface area contributed by atoms with Crippen LogP contribution in [0, 0.1) is 0 Å². The Hall–Kier alpha value is -2.32. The molecule has 0 unspecified atom stereocenters. The maximum absolute atomic E-state index is 11.6. The zero-order valence-corrected chi connectivity index (χ0v) is 12.4. The number of hydrogen-bond donors (Lipinski definition) is 5. The number of nitrogens with two attached hydrogens (primary N) is 1. The minimum atomic E-state index is -1.19. The molecule has 0 aliphatic heterocycles. The molecule has 0 fully saturated rings. The Kier molecular flexibility index (Phi) is 8.58. The van der Waals surface area contributed by atoms with Gasteiger partial charge in [-0.05, 0) is 17.7 Å². The molecular formula is C13H18ClN3O5. The molecule has 2 amide bonds. The Bertz CT molecular complexity index is 521. The number of rotatable bonds is 7. The van der Waals surface area contributed by atoms with Crippen molar-refractivity contribution in [1.29, 1.82) is 0 Å². The highest BCUT2D eigenvalue weighted by Crippen LogP contribution is 2.11. The lowest BCUT2D eigenvalue weighted by Gasteiger charge is -2.15. The van der Waals surface area contributed by atoms with Gasteiger partial charge in [-0.25, -0.2) is 4.79 Å². The van der Waals surface area contributed by atoms with Gasteiger partial charge in [0, 0.05) is 6.42 Å². The molecule has 0 bridgehead atoms. The number of aromatic hydroxyl groups is 1. The Balaban J connectivity index is 0.00000441. The molecule has 6 N–H and O–H groups in total. The van der Waals surface area contributed by atoms with Crippen molar-refractivity contribution in [2.75, 3.05) is 13.1 Å². The van der Waals surface area contributed by atoms with Gasteiger partial charge in [0.1, 0.15) is 11.8 Å². The van der Waals surface area contributed by atoms with Gasteiger partial charge >= 0.3 is 5.97 Å². The third-order valence-corrected chi connectivity index (χ3v) is 2.64. The summed E-state index contributed by atoms with van der Waals surface area (Å²) in [6, 6.07) is 4.85. The summed E-state index contributed by atoms with van der Waals surface area (Å²) >= 11 is 0. The second-order valence-corrected chi connectivity index (χ2v) is 4.31. The molecule has 1 aromatic carbocycles. The van der Waals surface area contributed by atoms with Crippen LogP contribution in [-0.2, 0) is 20.8 Å². The number of halogens is 1. The van der Waals surface area contributed by atoms with Gasteiger partial charge in [-0.2, -0.15) is 0 Å². The largest absolute Gasteiger partial charge is 0.508 e. The zero-order chi connectivity index (χ0) is 15.8. The number of amides is 2. The van der Waals surface area contributed by atoms with Crippen molar-refractivity contribution >= 4 is 30.2 Å². The third-order valence-electron chi connectivity index (χ3n) is 2.64. The van der Waals surface area contributed by atoms with Crippen LogP contribution in [0.3, 0.4) is 0 Å². The maximum Gasteiger partial charge on any atom is 0.326 e. The number of phenolic OH excluding ortho intramolecular Hbond substituents is 1. The van der Waals surface area contributed by atoms with Crippen LogP contribution in [0.4, 0.5) is 0 Å². The summed E-state index contributed by atoms with van der Waals surface area (Å²) in [5.74, 6) is -2.25.